The summed E-state index contributed by atoms with van der Waals surface area (Å²) < 4.78 is 19.7. The molecule has 0 spiro atoms. The van der Waals surface area contributed by atoms with Gasteiger partial charge in [0.05, 0.1) is 5.69 Å². The minimum atomic E-state index is -0.946. The van der Waals surface area contributed by atoms with Crippen LogP contribution in [-0.4, -0.2) is 51.4 Å². The molecule has 1 N–H and O–H groups in total. The van der Waals surface area contributed by atoms with Gasteiger partial charge >= 0.3 is 5.97 Å². The fourth-order valence-electron chi connectivity index (χ4n) is 3.03. The molecule has 8 heteroatoms. The van der Waals surface area contributed by atoms with Gasteiger partial charge in [0.25, 0.3) is 5.91 Å². The summed E-state index contributed by atoms with van der Waals surface area (Å²) in [6, 6.07) is 7.33. The third kappa shape index (κ3) is 4.59. The highest BCUT2D eigenvalue weighted by molar-refractivity contribution is 5.78. The van der Waals surface area contributed by atoms with Crippen molar-refractivity contribution >= 4 is 11.9 Å². The van der Waals surface area contributed by atoms with Gasteiger partial charge in [0, 0.05) is 25.2 Å². The summed E-state index contributed by atoms with van der Waals surface area (Å²) in [4.78, 5) is 24.9. The summed E-state index contributed by atoms with van der Waals surface area (Å²) in [7, 11) is 0. The fraction of sp³-hybridized carbons (Fsp3) is 0.389. The van der Waals surface area contributed by atoms with Gasteiger partial charge in [-0.15, -0.1) is 0 Å². The summed E-state index contributed by atoms with van der Waals surface area (Å²) in [5.41, 5.74) is 0.795. The van der Waals surface area contributed by atoms with Crippen molar-refractivity contribution in [2.24, 2.45) is 0 Å². The first-order chi connectivity index (χ1) is 12.5. The Bertz CT molecular complexity index is 775. The topological polar surface area (TPSA) is 84.7 Å². The number of hydrogen-bond acceptors (Lipinski definition) is 4. The van der Waals surface area contributed by atoms with Crippen molar-refractivity contribution in [1.82, 2.24) is 14.7 Å². The number of hydrogen-bond donors (Lipinski definition) is 1. The van der Waals surface area contributed by atoms with Crippen molar-refractivity contribution < 1.29 is 23.8 Å². The van der Waals surface area contributed by atoms with Crippen LogP contribution in [0.4, 0.5) is 4.39 Å². The number of ether oxygens (including phenoxy) is 1. The van der Waals surface area contributed by atoms with E-state index in [0.29, 0.717) is 18.8 Å². The zero-order valence-electron chi connectivity index (χ0n) is 14.2. The summed E-state index contributed by atoms with van der Waals surface area (Å²) in [6.07, 6.45) is 3.38. The monoisotopic (exact) mass is 361 g/mol. The van der Waals surface area contributed by atoms with E-state index in [9.17, 15) is 14.0 Å². The van der Waals surface area contributed by atoms with Crippen LogP contribution >= 0.6 is 0 Å². The normalized spacial score (nSPS) is 17.1. The Morgan fingerprint density at radius 2 is 2.04 bits per heavy atom. The SMILES string of the molecule is O=C(O)Cn1ccc([C@H]2CCCN(C(=O)COc3ccc(F)cc3)C2)n1. The fourth-order valence-corrected chi connectivity index (χ4v) is 3.03. The molecular formula is C18H20FN3O4. The maximum absolute atomic E-state index is 12.9. The van der Waals surface area contributed by atoms with E-state index in [0.717, 1.165) is 18.5 Å². The molecule has 1 aromatic heterocycles. The number of carboxylic acid groups (broad SMARTS) is 1. The Hall–Kier alpha value is -2.90. The Morgan fingerprint density at radius 1 is 1.27 bits per heavy atom. The van der Waals surface area contributed by atoms with E-state index < -0.39 is 5.97 Å². The number of aliphatic carboxylic acids is 1. The number of likely N-dealkylation sites (tertiary alicyclic amines) is 1. The molecule has 1 fully saturated rings. The summed E-state index contributed by atoms with van der Waals surface area (Å²) in [5.74, 6) is -0.916. The second-order valence-corrected chi connectivity index (χ2v) is 6.25. The molecule has 3 rings (SSSR count). The highest BCUT2D eigenvalue weighted by Crippen LogP contribution is 2.25. The van der Waals surface area contributed by atoms with Crippen LogP contribution in [0, 0.1) is 5.82 Å². The van der Waals surface area contributed by atoms with Crippen molar-refractivity contribution in [3.8, 4) is 5.75 Å². The highest BCUT2D eigenvalue weighted by atomic mass is 19.1. The Kier molecular flexibility index (Phi) is 5.50. The van der Waals surface area contributed by atoms with Crippen LogP contribution in [0.2, 0.25) is 0 Å². The van der Waals surface area contributed by atoms with Crippen molar-refractivity contribution in [3.05, 3.63) is 48.0 Å². The quantitative estimate of drug-likeness (QED) is 0.849. The van der Waals surface area contributed by atoms with Crippen molar-refractivity contribution in [3.63, 3.8) is 0 Å². The molecule has 1 aromatic carbocycles. The molecule has 0 radical (unpaired) electrons. The number of carbonyl (C=O) groups is 2. The third-order valence-corrected chi connectivity index (χ3v) is 4.33. The minimum Gasteiger partial charge on any atom is -0.484 e. The lowest BCUT2D eigenvalue weighted by Gasteiger charge is -2.32. The molecule has 1 aliphatic heterocycles. The molecule has 2 aromatic rings. The maximum atomic E-state index is 12.9. The number of benzene rings is 1. The predicted octanol–water partition coefficient (Wildman–Crippen LogP) is 1.89. The molecule has 7 nitrogen and oxygen atoms in total. The molecule has 2 heterocycles. The molecular weight excluding hydrogens is 341 g/mol. The number of aromatic nitrogens is 2. The van der Waals surface area contributed by atoms with Crippen LogP contribution in [-0.2, 0) is 16.1 Å². The van der Waals surface area contributed by atoms with Crippen molar-refractivity contribution in [1.29, 1.82) is 0 Å². The number of carbonyl (C=O) groups excluding carboxylic acids is 1. The van der Waals surface area contributed by atoms with Crippen LogP contribution in [0.25, 0.3) is 0 Å². The van der Waals surface area contributed by atoms with Gasteiger partial charge in [0.1, 0.15) is 18.1 Å². The lowest BCUT2D eigenvalue weighted by Crippen LogP contribution is -2.41. The van der Waals surface area contributed by atoms with E-state index in [-0.39, 0.29) is 30.8 Å². The van der Waals surface area contributed by atoms with Gasteiger partial charge in [-0.05, 0) is 43.2 Å². The summed E-state index contributed by atoms with van der Waals surface area (Å²) in [6.45, 7) is 0.889. The van der Waals surface area contributed by atoms with Crippen molar-refractivity contribution in [2.45, 2.75) is 25.3 Å². The van der Waals surface area contributed by atoms with Crippen LogP contribution in [0.1, 0.15) is 24.5 Å². The number of carboxylic acids is 1. The van der Waals surface area contributed by atoms with Crippen LogP contribution in [0.5, 0.6) is 5.75 Å². The van der Waals surface area contributed by atoms with Gasteiger partial charge in [0.15, 0.2) is 6.61 Å². The lowest BCUT2D eigenvalue weighted by atomic mass is 9.95. The van der Waals surface area contributed by atoms with Gasteiger partial charge in [-0.3, -0.25) is 14.3 Å². The standard InChI is InChI=1S/C18H20FN3O4/c19-14-3-5-15(6-4-14)26-12-17(23)21-8-1-2-13(10-21)16-7-9-22(20-16)11-18(24)25/h3-7,9,13H,1-2,8,10-12H2,(H,24,25)/t13-/m0/s1. The van der Waals surface area contributed by atoms with Gasteiger partial charge in [-0.1, -0.05) is 0 Å². The smallest absolute Gasteiger partial charge is 0.325 e. The average Bonchev–Trinajstić information content (AvgIpc) is 3.09. The molecule has 0 saturated carbocycles. The zero-order chi connectivity index (χ0) is 18.5. The second kappa shape index (κ2) is 7.99. The lowest BCUT2D eigenvalue weighted by molar-refractivity contribution is -0.138. The zero-order valence-corrected chi connectivity index (χ0v) is 14.2. The van der Waals surface area contributed by atoms with Crippen molar-refractivity contribution in [2.75, 3.05) is 19.7 Å². The average molecular weight is 361 g/mol. The maximum Gasteiger partial charge on any atom is 0.325 e. The number of nitrogens with zero attached hydrogens (tertiary/aromatic N) is 3. The largest absolute Gasteiger partial charge is 0.484 e. The number of rotatable bonds is 6. The minimum absolute atomic E-state index is 0.0774. The molecule has 0 aliphatic carbocycles. The van der Waals surface area contributed by atoms with E-state index in [4.69, 9.17) is 9.84 Å². The third-order valence-electron chi connectivity index (χ3n) is 4.33. The highest BCUT2D eigenvalue weighted by Gasteiger charge is 2.26. The van der Waals surface area contributed by atoms with E-state index in [1.165, 1.54) is 28.9 Å². The molecule has 1 aliphatic rings. The molecule has 1 amide bonds. The van der Waals surface area contributed by atoms with Crippen LogP contribution in [0.15, 0.2) is 36.5 Å². The second-order valence-electron chi connectivity index (χ2n) is 6.25. The molecule has 1 atom stereocenters. The van der Waals surface area contributed by atoms with Gasteiger partial charge in [0.2, 0.25) is 0 Å². The Morgan fingerprint density at radius 3 is 2.77 bits per heavy atom. The van der Waals surface area contributed by atoms with Gasteiger partial charge in [-0.25, -0.2) is 4.39 Å². The Labute approximate surface area is 150 Å². The summed E-state index contributed by atoms with van der Waals surface area (Å²) >= 11 is 0. The number of amides is 1. The molecule has 1 saturated heterocycles. The molecule has 138 valence electrons. The first kappa shape index (κ1) is 17.9. The molecule has 0 unspecified atom stereocenters. The van der Waals surface area contributed by atoms with Crippen LogP contribution < -0.4 is 4.74 Å². The molecule has 0 bridgehead atoms. The predicted molar refractivity (Wildman–Crippen MR) is 90.3 cm³/mol. The van der Waals surface area contributed by atoms with E-state index in [1.807, 2.05) is 0 Å². The number of halogens is 1. The van der Waals surface area contributed by atoms with Crippen LogP contribution in [0.3, 0.4) is 0 Å². The Balaban J connectivity index is 1.55. The first-order valence-corrected chi connectivity index (χ1v) is 8.42. The summed E-state index contributed by atoms with van der Waals surface area (Å²) in [5, 5.41) is 13.1. The van der Waals surface area contributed by atoms with Gasteiger partial charge in [-0.2, -0.15) is 5.10 Å². The first-order valence-electron chi connectivity index (χ1n) is 8.42. The van der Waals surface area contributed by atoms with E-state index in [1.54, 1.807) is 17.2 Å². The van der Waals surface area contributed by atoms with E-state index in [2.05, 4.69) is 5.10 Å². The van der Waals surface area contributed by atoms with Gasteiger partial charge < -0.3 is 14.7 Å². The number of piperidine rings is 1. The molecule has 26 heavy (non-hydrogen) atoms. The van der Waals surface area contributed by atoms with E-state index >= 15 is 0 Å².